The van der Waals surface area contributed by atoms with Crippen molar-refractivity contribution < 1.29 is 0 Å². The van der Waals surface area contributed by atoms with Gasteiger partial charge in [-0.05, 0) is 0 Å². The maximum Gasteiger partial charge on any atom is 0 e. The first-order valence-corrected chi connectivity index (χ1v) is 0. The molecule has 0 aromatic carbocycles. The molecule has 0 aliphatic heterocycles. The van der Waals surface area contributed by atoms with E-state index in [0.29, 0.717) is 0 Å². The molecule has 0 aliphatic carbocycles. The summed E-state index contributed by atoms with van der Waals surface area (Å²) in [6.45, 7) is 0. The van der Waals surface area contributed by atoms with Crippen LogP contribution in [-0.2, 0) is 0 Å². The third-order valence-corrected chi connectivity index (χ3v) is 0. The summed E-state index contributed by atoms with van der Waals surface area (Å²) in [6.07, 6.45) is 0. The Morgan fingerprint density at radius 3 is 0.286 bits per heavy atom. The molecule has 7 heavy (non-hydrogen) atoms. The van der Waals surface area contributed by atoms with E-state index in [1.807, 2.05) is 0 Å². The predicted molar refractivity (Wildman–Crippen MR) is 40.3 cm³/mol. The first-order valence-electron chi connectivity index (χ1n) is 0. The molecule has 0 bridgehead atoms. The largest absolute Gasteiger partial charge is 0 e. The van der Waals surface area contributed by atoms with Crippen LogP contribution in [0.15, 0.2) is 0 Å². The van der Waals surface area contributed by atoms with Crippen molar-refractivity contribution in [1.29, 1.82) is 0 Å². The summed E-state index contributed by atoms with van der Waals surface area (Å²) in [7, 11) is 0. The van der Waals surface area contributed by atoms with Crippen LogP contribution < -0.4 is 0 Å². The minimum atomic E-state index is 0. The van der Waals surface area contributed by atoms with Gasteiger partial charge in [0, 0.05) is 149 Å². The van der Waals surface area contributed by atoms with Crippen LogP contribution in [0, 0.1) is 0 Å². The van der Waals surface area contributed by atoms with E-state index in [1.165, 1.54) is 0 Å². The van der Waals surface area contributed by atoms with E-state index in [-0.39, 0.29) is 149 Å². The second kappa shape index (κ2) is 44.9. The molecule has 0 saturated heterocycles. The Bertz CT molecular complexity index is 6.90. The van der Waals surface area contributed by atoms with Crippen LogP contribution in [0.1, 0.15) is 0 Å². The smallest absolute Gasteiger partial charge is 0 e. The molecule has 0 rings (SSSR count). The van der Waals surface area contributed by atoms with E-state index in [9.17, 15) is 0 Å². The van der Waals surface area contributed by atoms with Gasteiger partial charge in [0.05, 0.1) is 0 Å². The summed E-state index contributed by atoms with van der Waals surface area (Å²) in [4.78, 5) is 0. The Labute approximate surface area is 145 Å². The van der Waals surface area contributed by atoms with E-state index in [2.05, 4.69) is 0 Å². The summed E-state index contributed by atoms with van der Waals surface area (Å²) in [5.74, 6) is 0. The number of hydrogen-bond donors (Lipinski definition) is 0. The van der Waals surface area contributed by atoms with E-state index >= 15 is 0 Å². The zero-order chi connectivity index (χ0) is 0. The van der Waals surface area contributed by atoms with Crippen LogP contribution in [0.5, 0.6) is 0 Å². The molecule has 0 saturated carbocycles. The second-order valence-electron chi connectivity index (χ2n) is 0. The van der Waals surface area contributed by atoms with Crippen molar-refractivity contribution in [3.8, 4) is 0 Å². The summed E-state index contributed by atoms with van der Waals surface area (Å²) in [6, 6.07) is 0. The first-order chi connectivity index (χ1) is 0. The van der Waals surface area contributed by atoms with Crippen LogP contribution >= 0.6 is 0 Å². The number of hydrogen-bond acceptors (Lipinski definition) is 0. The Morgan fingerprint density at radius 2 is 0.286 bits per heavy atom. The average molecular weight is 724 g/mol. The van der Waals surface area contributed by atoms with Gasteiger partial charge in [-0.25, -0.2) is 0 Å². The molecule has 0 N–H and O–H groups in total. The van der Waals surface area contributed by atoms with Gasteiger partial charge in [-0.15, -0.1) is 0 Å². The van der Waals surface area contributed by atoms with Gasteiger partial charge in [0.2, 0.25) is 0 Å². The van der Waals surface area contributed by atoms with Gasteiger partial charge in [-0.3, -0.25) is 0 Å². The Balaban J connectivity index is 0. The van der Waals surface area contributed by atoms with Crippen molar-refractivity contribution in [2.45, 2.75) is 0 Å². The van der Waals surface area contributed by atoms with Crippen LogP contribution in [0.4, 0.5) is 0 Å². The van der Waals surface area contributed by atoms with Gasteiger partial charge in [-0.1, -0.05) is 0 Å². The van der Waals surface area contributed by atoms with Crippen molar-refractivity contribution >= 4 is 149 Å². The molecule has 0 nitrogen and oxygen atoms in total. The Hall–Kier alpha value is 4.83. The van der Waals surface area contributed by atoms with Crippen LogP contribution in [0.25, 0.3) is 0 Å². The van der Waals surface area contributed by atoms with Crippen molar-refractivity contribution in [2.75, 3.05) is 0 Å². The molecular weight excluding hydrogens is 724 g/mol. The van der Waals surface area contributed by atoms with Crippen molar-refractivity contribution in [3.63, 3.8) is 0 Å². The SMILES string of the molecule is [Sb].[Sb].[Sb].[Sb].[Se].[Se].[Se]. The topological polar surface area (TPSA) is 0 Å². The van der Waals surface area contributed by atoms with E-state index < -0.39 is 0 Å². The van der Waals surface area contributed by atoms with Gasteiger partial charge in [0.15, 0.2) is 0 Å². The fraction of sp³-hybridized carbons (Fsp3) is 0. The van der Waals surface area contributed by atoms with Crippen LogP contribution in [-0.4, -0.2) is 149 Å². The predicted octanol–water partition coefficient (Wildman–Crippen LogP) is -2.67. The molecule has 0 aromatic heterocycles. The molecule has 0 fully saturated rings. The van der Waals surface area contributed by atoms with E-state index in [4.69, 9.17) is 0 Å². The summed E-state index contributed by atoms with van der Waals surface area (Å²) in [5, 5.41) is 0. The first kappa shape index (κ1) is 59.5. The molecule has 18 radical (unpaired) electrons. The molecule has 0 atom stereocenters. The van der Waals surface area contributed by atoms with Crippen molar-refractivity contribution in [2.24, 2.45) is 0 Å². The zero-order valence-corrected chi connectivity index (χ0v) is 18.4. The minimum Gasteiger partial charge on any atom is 0 e. The average Bonchev–Trinajstić information content (AvgIpc) is 0. The van der Waals surface area contributed by atoms with Crippen molar-refractivity contribution in [1.82, 2.24) is 0 Å². The van der Waals surface area contributed by atoms with Gasteiger partial charge in [0.25, 0.3) is 0 Å². The van der Waals surface area contributed by atoms with Gasteiger partial charge < -0.3 is 0 Å². The molecule has 0 aromatic rings. The van der Waals surface area contributed by atoms with Gasteiger partial charge >= 0.3 is 0 Å². The quantitative estimate of drug-likeness (QED) is 0.240. The summed E-state index contributed by atoms with van der Waals surface area (Å²) in [5.41, 5.74) is 0. The van der Waals surface area contributed by atoms with Gasteiger partial charge in [-0.2, -0.15) is 0 Å². The molecule has 0 spiro atoms. The fourth-order valence-corrected chi connectivity index (χ4v) is 0. The van der Waals surface area contributed by atoms with Crippen LogP contribution in [0.2, 0.25) is 0 Å². The Kier molecular flexibility index (Phi) is 381. The van der Waals surface area contributed by atoms with Crippen LogP contribution in [0.3, 0.4) is 0 Å². The minimum absolute atomic E-state index is 0. The molecule has 0 aliphatic rings. The molecule has 0 amide bonds. The molecule has 0 heterocycles. The molecule has 0 unspecified atom stereocenters. The zero-order valence-electron chi connectivity index (χ0n) is 3.01. The fourth-order valence-electron chi connectivity index (χ4n) is 0. The molecule has 7 heteroatoms. The normalized spacial score (nSPS) is 0. The Morgan fingerprint density at radius 1 is 0.286 bits per heavy atom. The number of rotatable bonds is 0. The molecule has 38 valence electrons. The monoisotopic (exact) mass is 723 g/mol. The third-order valence-electron chi connectivity index (χ3n) is 0. The van der Waals surface area contributed by atoms with E-state index in [1.54, 1.807) is 0 Å². The van der Waals surface area contributed by atoms with Gasteiger partial charge in [0.1, 0.15) is 0 Å². The van der Waals surface area contributed by atoms with Crippen molar-refractivity contribution in [3.05, 3.63) is 0 Å². The maximum absolute atomic E-state index is 0. The second-order valence-corrected chi connectivity index (χ2v) is 0. The third kappa shape index (κ3) is 36.2. The maximum atomic E-state index is 0. The molecular formula is Sb4Se3. The summed E-state index contributed by atoms with van der Waals surface area (Å²) >= 11 is 0. The standard InChI is InChI=1S/4Sb.3Se. The summed E-state index contributed by atoms with van der Waals surface area (Å²) < 4.78 is 0. The van der Waals surface area contributed by atoms with E-state index in [0.717, 1.165) is 0 Å².